The Bertz CT molecular complexity index is 881. The van der Waals surface area contributed by atoms with Crippen LogP contribution in [0.2, 0.25) is 0 Å². The average molecular weight is 495 g/mol. The van der Waals surface area contributed by atoms with E-state index in [4.69, 9.17) is 5.73 Å². The van der Waals surface area contributed by atoms with Gasteiger partial charge in [0.05, 0.1) is 6.04 Å². The van der Waals surface area contributed by atoms with E-state index < -0.39 is 42.0 Å². The molecule has 1 saturated heterocycles. The number of thiol groups is 1. The Morgan fingerprint density at radius 2 is 1.82 bits per heavy atom. The second-order valence-corrected chi connectivity index (χ2v) is 8.98. The molecule has 188 valence electrons. The van der Waals surface area contributed by atoms with Crippen LogP contribution in [0.25, 0.3) is 0 Å². The van der Waals surface area contributed by atoms with Crippen molar-refractivity contribution in [2.24, 2.45) is 11.7 Å². The van der Waals surface area contributed by atoms with Crippen LogP contribution in [0.4, 0.5) is 0 Å². The first-order valence-electron chi connectivity index (χ1n) is 11.4. The molecule has 0 spiro atoms. The van der Waals surface area contributed by atoms with Crippen molar-refractivity contribution < 1.29 is 29.4 Å². The van der Waals surface area contributed by atoms with Crippen molar-refractivity contribution in [1.82, 2.24) is 15.5 Å². The zero-order valence-electron chi connectivity index (χ0n) is 19.4. The molecule has 1 aliphatic rings. The van der Waals surface area contributed by atoms with Gasteiger partial charge in [0.25, 0.3) is 0 Å². The van der Waals surface area contributed by atoms with Gasteiger partial charge in [-0.15, -0.1) is 0 Å². The molecule has 5 unspecified atom stereocenters. The Hall–Kier alpha value is -2.79. The SMILES string of the molecule is CCC(C)C(N)C(=O)N1CCCC1C(=O)NC(CS)C(=O)NC(Cc1ccc(O)cc1)C(=O)O. The molecule has 1 heterocycles. The summed E-state index contributed by atoms with van der Waals surface area (Å²) in [4.78, 5) is 51.7. The van der Waals surface area contributed by atoms with Gasteiger partial charge in [0.2, 0.25) is 17.7 Å². The van der Waals surface area contributed by atoms with Crippen molar-refractivity contribution in [3.63, 3.8) is 0 Å². The highest BCUT2D eigenvalue weighted by Crippen LogP contribution is 2.21. The lowest BCUT2D eigenvalue weighted by Crippen LogP contribution is -2.57. The zero-order valence-corrected chi connectivity index (χ0v) is 20.3. The van der Waals surface area contributed by atoms with Crippen LogP contribution in [0.3, 0.4) is 0 Å². The highest BCUT2D eigenvalue weighted by molar-refractivity contribution is 7.80. The lowest BCUT2D eigenvalue weighted by atomic mass is 9.98. The molecule has 2 rings (SSSR count). The molecular formula is C23H34N4O6S. The summed E-state index contributed by atoms with van der Waals surface area (Å²) in [5, 5.41) is 24.0. The highest BCUT2D eigenvalue weighted by atomic mass is 32.1. The van der Waals surface area contributed by atoms with Crippen LogP contribution in [0.5, 0.6) is 5.75 Å². The number of likely N-dealkylation sites (tertiary alicyclic amines) is 1. The van der Waals surface area contributed by atoms with Gasteiger partial charge in [-0.3, -0.25) is 14.4 Å². The van der Waals surface area contributed by atoms with Gasteiger partial charge in [0.15, 0.2) is 0 Å². The minimum atomic E-state index is -1.24. The van der Waals surface area contributed by atoms with E-state index in [1.165, 1.54) is 17.0 Å². The largest absolute Gasteiger partial charge is 0.508 e. The van der Waals surface area contributed by atoms with Crippen molar-refractivity contribution in [2.45, 2.75) is 63.7 Å². The summed E-state index contributed by atoms with van der Waals surface area (Å²) in [7, 11) is 0. The topological polar surface area (TPSA) is 162 Å². The number of hydrogen-bond acceptors (Lipinski definition) is 7. The summed E-state index contributed by atoms with van der Waals surface area (Å²) in [6.45, 7) is 4.23. The Balaban J connectivity index is 2.03. The predicted molar refractivity (Wildman–Crippen MR) is 129 cm³/mol. The Labute approximate surface area is 204 Å². The number of carbonyl (C=O) groups excluding carboxylic acids is 3. The third kappa shape index (κ3) is 7.10. The Kier molecular flexibility index (Phi) is 10.2. The maximum Gasteiger partial charge on any atom is 0.326 e. The molecular weight excluding hydrogens is 460 g/mol. The number of nitrogens with one attached hydrogen (secondary N) is 2. The van der Waals surface area contributed by atoms with Crippen LogP contribution in [-0.4, -0.2) is 75.3 Å². The van der Waals surface area contributed by atoms with Crippen LogP contribution < -0.4 is 16.4 Å². The Morgan fingerprint density at radius 3 is 2.38 bits per heavy atom. The smallest absolute Gasteiger partial charge is 0.326 e. The van der Waals surface area contributed by atoms with E-state index >= 15 is 0 Å². The number of aromatic hydroxyl groups is 1. The number of amides is 3. The van der Waals surface area contributed by atoms with Crippen molar-refractivity contribution in [3.8, 4) is 5.75 Å². The maximum atomic E-state index is 12.9. The highest BCUT2D eigenvalue weighted by Gasteiger charge is 2.38. The van der Waals surface area contributed by atoms with E-state index in [2.05, 4.69) is 23.3 Å². The van der Waals surface area contributed by atoms with Crippen molar-refractivity contribution >= 4 is 36.3 Å². The monoisotopic (exact) mass is 494 g/mol. The quantitative estimate of drug-likeness (QED) is 0.241. The summed E-state index contributed by atoms with van der Waals surface area (Å²) in [6.07, 6.45) is 1.81. The fraction of sp³-hybridized carbons (Fsp3) is 0.565. The van der Waals surface area contributed by atoms with Gasteiger partial charge in [-0.05, 0) is 36.5 Å². The van der Waals surface area contributed by atoms with E-state index in [1.54, 1.807) is 12.1 Å². The van der Waals surface area contributed by atoms with Gasteiger partial charge in [-0.1, -0.05) is 32.4 Å². The molecule has 3 amide bonds. The van der Waals surface area contributed by atoms with Gasteiger partial charge >= 0.3 is 5.97 Å². The van der Waals surface area contributed by atoms with Gasteiger partial charge in [0.1, 0.15) is 23.9 Å². The number of carbonyl (C=O) groups is 4. The summed E-state index contributed by atoms with van der Waals surface area (Å²) in [5.41, 5.74) is 6.68. The number of aliphatic carboxylic acids is 1. The molecule has 5 atom stereocenters. The second kappa shape index (κ2) is 12.6. The fourth-order valence-corrected chi connectivity index (χ4v) is 4.05. The van der Waals surface area contributed by atoms with E-state index in [0.29, 0.717) is 24.9 Å². The van der Waals surface area contributed by atoms with Gasteiger partial charge in [-0.2, -0.15) is 12.6 Å². The lowest BCUT2D eigenvalue weighted by Gasteiger charge is -2.30. The molecule has 0 aromatic heterocycles. The Morgan fingerprint density at radius 1 is 1.18 bits per heavy atom. The van der Waals surface area contributed by atoms with Gasteiger partial charge < -0.3 is 31.5 Å². The van der Waals surface area contributed by atoms with E-state index in [1.807, 2.05) is 13.8 Å². The molecule has 1 fully saturated rings. The molecule has 6 N–H and O–H groups in total. The molecule has 11 heteroatoms. The minimum absolute atomic E-state index is 0.00695. The van der Waals surface area contributed by atoms with Crippen molar-refractivity contribution in [2.75, 3.05) is 12.3 Å². The first-order valence-corrected chi connectivity index (χ1v) is 12.0. The fourth-order valence-electron chi connectivity index (χ4n) is 3.79. The van der Waals surface area contributed by atoms with Crippen molar-refractivity contribution in [3.05, 3.63) is 29.8 Å². The molecule has 1 aromatic rings. The summed E-state index contributed by atoms with van der Waals surface area (Å²) in [6, 6.07) is 2.19. The van der Waals surface area contributed by atoms with Crippen LogP contribution in [0.15, 0.2) is 24.3 Å². The molecule has 0 saturated carbocycles. The summed E-state index contributed by atoms with van der Waals surface area (Å²) >= 11 is 4.14. The number of phenolic OH excluding ortho intramolecular Hbond substituents is 1. The van der Waals surface area contributed by atoms with Gasteiger partial charge in [0, 0.05) is 18.7 Å². The number of hydrogen-bond donors (Lipinski definition) is 6. The zero-order chi connectivity index (χ0) is 25.4. The number of rotatable bonds is 11. The number of phenols is 1. The minimum Gasteiger partial charge on any atom is -0.508 e. The molecule has 34 heavy (non-hydrogen) atoms. The lowest BCUT2D eigenvalue weighted by molar-refractivity contribution is -0.143. The predicted octanol–water partition coefficient (Wildman–Crippen LogP) is 0.283. The van der Waals surface area contributed by atoms with Crippen LogP contribution in [-0.2, 0) is 25.6 Å². The normalized spacial score (nSPS) is 19.1. The summed E-state index contributed by atoms with van der Waals surface area (Å²) < 4.78 is 0. The average Bonchev–Trinajstić information content (AvgIpc) is 3.31. The molecule has 1 aliphatic heterocycles. The second-order valence-electron chi connectivity index (χ2n) is 8.61. The van der Waals surface area contributed by atoms with E-state index in [9.17, 15) is 29.4 Å². The number of benzene rings is 1. The number of carboxylic acids is 1. The number of nitrogens with two attached hydrogens (primary N) is 1. The molecule has 0 radical (unpaired) electrons. The maximum absolute atomic E-state index is 12.9. The third-order valence-electron chi connectivity index (χ3n) is 6.19. The van der Waals surface area contributed by atoms with Crippen LogP contribution >= 0.6 is 12.6 Å². The van der Waals surface area contributed by atoms with E-state index in [0.717, 1.165) is 6.42 Å². The number of carboxylic acid groups (broad SMARTS) is 1. The van der Waals surface area contributed by atoms with Gasteiger partial charge in [-0.25, -0.2) is 4.79 Å². The molecule has 0 aliphatic carbocycles. The van der Waals surface area contributed by atoms with Crippen molar-refractivity contribution in [1.29, 1.82) is 0 Å². The number of nitrogens with zero attached hydrogens (tertiary/aromatic N) is 1. The summed E-state index contributed by atoms with van der Waals surface area (Å²) in [5.74, 6) is -2.77. The first-order chi connectivity index (χ1) is 16.1. The third-order valence-corrected chi connectivity index (χ3v) is 6.55. The first kappa shape index (κ1) is 27.5. The van der Waals surface area contributed by atoms with Crippen LogP contribution in [0, 0.1) is 5.92 Å². The molecule has 0 bridgehead atoms. The van der Waals surface area contributed by atoms with Crippen LogP contribution in [0.1, 0.15) is 38.7 Å². The van der Waals surface area contributed by atoms with E-state index in [-0.39, 0.29) is 29.7 Å². The molecule has 1 aromatic carbocycles. The molecule has 10 nitrogen and oxygen atoms in total. The standard InChI is InChI=1S/C23H34N4O6S/c1-3-13(2)19(24)22(31)27-10-4-5-18(27)21(30)26-17(12-34)20(29)25-16(23(32)33)11-14-6-8-15(28)9-7-14/h6-9,13,16-19,28,34H,3-5,10-12,24H2,1-2H3,(H,25,29)(H,26,30)(H,32,33).